The average Bonchev–Trinajstić information content (AvgIpc) is 2.41. The highest BCUT2D eigenvalue weighted by Gasteiger charge is 2.16. The van der Waals surface area contributed by atoms with Gasteiger partial charge < -0.3 is 5.32 Å². The summed E-state index contributed by atoms with van der Waals surface area (Å²) < 4.78 is 14.1. The minimum absolute atomic E-state index is 0.0264. The Morgan fingerprint density at radius 1 is 1.14 bits per heavy atom. The van der Waals surface area contributed by atoms with Gasteiger partial charge in [0.2, 0.25) is 0 Å². The van der Waals surface area contributed by atoms with E-state index in [1.807, 2.05) is 25.1 Å². The van der Waals surface area contributed by atoms with Crippen LogP contribution in [0.25, 0.3) is 0 Å². The highest BCUT2D eigenvalue weighted by molar-refractivity contribution is 9.10. The van der Waals surface area contributed by atoms with Crippen molar-refractivity contribution in [1.82, 2.24) is 5.32 Å². The first-order valence-corrected chi connectivity index (χ1v) is 8.18. The number of hydrogen-bond acceptors (Lipinski definition) is 1. The maximum atomic E-state index is 13.1. The van der Waals surface area contributed by atoms with Crippen molar-refractivity contribution in [1.29, 1.82) is 0 Å². The molecule has 0 aliphatic heterocycles. The van der Waals surface area contributed by atoms with Gasteiger partial charge in [0.05, 0.1) is 0 Å². The van der Waals surface area contributed by atoms with Gasteiger partial charge in [0.15, 0.2) is 0 Å². The summed E-state index contributed by atoms with van der Waals surface area (Å²) in [5.74, 6) is -0.328. The standard InChI is InChI=1S/C16H15BrCl2FN/c1-2-21-16(13-6-4-11(17)8-15(13)19)7-10-3-5-12(20)9-14(10)18/h3-6,8-9,16,21H,2,7H2,1H3. The van der Waals surface area contributed by atoms with Gasteiger partial charge in [-0.1, -0.05) is 58.2 Å². The van der Waals surface area contributed by atoms with Crippen molar-refractivity contribution in [2.45, 2.75) is 19.4 Å². The van der Waals surface area contributed by atoms with Crippen molar-refractivity contribution in [3.05, 3.63) is 67.9 Å². The molecule has 2 aromatic rings. The summed E-state index contributed by atoms with van der Waals surface area (Å²) in [6.07, 6.45) is 0.647. The van der Waals surface area contributed by atoms with Crippen LogP contribution in [0.5, 0.6) is 0 Å². The van der Waals surface area contributed by atoms with Crippen LogP contribution in [0.1, 0.15) is 24.1 Å². The lowest BCUT2D eigenvalue weighted by atomic mass is 9.98. The average molecular weight is 391 g/mol. The van der Waals surface area contributed by atoms with E-state index in [-0.39, 0.29) is 11.9 Å². The summed E-state index contributed by atoms with van der Waals surface area (Å²) in [6, 6.07) is 10.3. The summed E-state index contributed by atoms with van der Waals surface area (Å²) >= 11 is 15.8. The lowest BCUT2D eigenvalue weighted by molar-refractivity contribution is 0.549. The van der Waals surface area contributed by atoms with Crippen LogP contribution in [-0.2, 0) is 6.42 Å². The van der Waals surface area contributed by atoms with Gasteiger partial charge in [0.1, 0.15) is 5.82 Å². The topological polar surface area (TPSA) is 12.0 Å². The zero-order valence-electron chi connectivity index (χ0n) is 11.5. The molecule has 1 N–H and O–H groups in total. The highest BCUT2D eigenvalue weighted by Crippen LogP contribution is 2.30. The zero-order valence-corrected chi connectivity index (χ0v) is 14.6. The molecule has 1 atom stereocenters. The zero-order chi connectivity index (χ0) is 15.4. The second-order valence-corrected chi connectivity index (χ2v) is 6.45. The molecule has 0 heterocycles. The third-order valence-corrected chi connectivity index (χ3v) is 4.40. The van der Waals surface area contributed by atoms with Gasteiger partial charge in [0.25, 0.3) is 0 Å². The van der Waals surface area contributed by atoms with Crippen molar-refractivity contribution in [2.75, 3.05) is 6.54 Å². The molecule has 5 heteroatoms. The molecule has 0 bridgehead atoms. The Balaban J connectivity index is 2.30. The molecule has 0 spiro atoms. The van der Waals surface area contributed by atoms with E-state index in [2.05, 4.69) is 21.2 Å². The van der Waals surface area contributed by atoms with E-state index in [0.717, 1.165) is 22.1 Å². The van der Waals surface area contributed by atoms with Gasteiger partial charge in [-0.25, -0.2) is 4.39 Å². The Morgan fingerprint density at radius 3 is 2.52 bits per heavy atom. The van der Waals surface area contributed by atoms with E-state index >= 15 is 0 Å². The maximum absolute atomic E-state index is 13.1. The molecule has 0 saturated heterocycles. The molecule has 21 heavy (non-hydrogen) atoms. The molecule has 0 amide bonds. The van der Waals surface area contributed by atoms with E-state index < -0.39 is 0 Å². The fraction of sp³-hybridized carbons (Fsp3) is 0.250. The molecule has 0 saturated carbocycles. The van der Waals surface area contributed by atoms with Crippen LogP contribution < -0.4 is 5.32 Å². The van der Waals surface area contributed by atoms with Gasteiger partial charge in [-0.2, -0.15) is 0 Å². The van der Waals surface area contributed by atoms with Gasteiger partial charge in [-0.15, -0.1) is 0 Å². The molecule has 0 aromatic heterocycles. The van der Waals surface area contributed by atoms with Gasteiger partial charge in [-0.05, 0) is 48.4 Å². The first-order chi connectivity index (χ1) is 10.0. The normalized spacial score (nSPS) is 12.4. The van der Waals surface area contributed by atoms with Crippen LogP contribution in [0, 0.1) is 5.82 Å². The Morgan fingerprint density at radius 2 is 1.90 bits per heavy atom. The second-order valence-electron chi connectivity index (χ2n) is 4.72. The minimum atomic E-state index is -0.328. The van der Waals surface area contributed by atoms with E-state index in [4.69, 9.17) is 23.2 Å². The molecule has 0 aliphatic rings. The van der Waals surface area contributed by atoms with Crippen molar-refractivity contribution in [3.63, 3.8) is 0 Å². The molecule has 1 nitrogen and oxygen atoms in total. The van der Waals surface area contributed by atoms with Crippen molar-refractivity contribution >= 4 is 39.1 Å². The lowest BCUT2D eigenvalue weighted by Gasteiger charge is -2.20. The third kappa shape index (κ3) is 4.43. The van der Waals surface area contributed by atoms with Crippen molar-refractivity contribution in [3.8, 4) is 0 Å². The fourth-order valence-corrected chi connectivity index (χ4v) is 3.28. The highest BCUT2D eigenvalue weighted by atomic mass is 79.9. The Hall–Kier alpha value is -0.610. The Labute approximate surface area is 142 Å². The van der Waals surface area contributed by atoms with Gasteiger partial charge in [-0.3, -0.25) is 0 Å². The number of halogens is 4. The Kier molecular flexibility index (Phi) is 6.06. The SMILES string of the molecule is CCNC(Cc1ccc(F)cc1Cl)c1ccc(Br)cc1Cl. The second kappa shape index (κ2) is 7.59. The first-order valence-electron chi connectivity index (χ1n) is 6.63. The molecular weight excluding hydrogens is 376 g/mol. The monoisotopic (exact) mass is 389 g/mol. The van der Waals surface area contributed by atoms with E-state index in [9.17, 15) is 4.39 Å². The molecule has 112 valence electrons. The number of benzene rings is 2. The largest absolute Gasteiger partial charge is 0.310 e. The Bertz CT molecular complexity index is 634. The number of rotatable bonds is 5. The summed E-state index contributed by atoms with van der Waals surface area (Å²) in [5, 5.41) is 4.52. The quantitative estimate of drug-likeness (QED) is 0.681. The number of likely N-dealkylation sites (N-methyl/N-ethyl adjacent to an activating group) is 1. The molecule has 1 unspecified atom stereocenters. The molecule has 0 aliphatic carbocycles. The summed E-state index contributed by atoms with van der Waals surface area (Å²) in [7, 11) is 0. The van der Waals surface area contributed by atoms with E-state index in [1.54, 1.807) is 6.07 Å². The molecular formula is C16H15BrCl2FN. The summed E-state index contributed by atoms with van der Waals surface area (Å²) in [4.78, 5) is 0. The van der Waals surface area contributed by atoms with E-state index in [0.29, 0.717) is 16.5 Å². The van der Waals surface area contributed by atoms with Crippen LogP contribution in [0.2, 0.25) is 10.0 Å². The minimum Gasteiger partial charge on any atom is -0.310 e. The van der Waals surface area contributed by atoms with Gasteiger partial charge >= 0.3 is 0 Å². The first kappa shape index (κ1) is 16.8. The van der Waals surface area contributed by atoms with Crippen LogP contribution >= 0.6 is 39.1 Å². The smallest absolute Gasteiger partial charge is 0.124 e. The van der Waals surface area contributed by atoms with E-state index in [1.165, 1.54) is 12.1 Å². The van der Waals surface area contributed by atoms with Crippen LogP contribution in [-0.4, -0.2) is 6.54 Å². The summed E-state index contributed by atoms with van der Waals surface area (Å²) in [6.45, 7) is 2.84. The maximum Gasteiger partial charge on any atom is 0.124 e. The molecule has 2 aromatic carbocycles. The fourth-order valence-electron chi connectivity index (χ4n) is 2.23. The number of hydrogen-bond donors (Lipinski definition) is 1. The molecule has 2 rings (SSSR count). The van der Waals surface area contributed by atoms with Crippen LogP contribution in [0.15, 0.2) is 40.9 Å². The predicted octanol–water partition coefficient (Wildman–Crippen LogP) is 5.79. The predicted molar refractivity (Wildman–Crippen MR) is 90.7 cm³/mol. The molecule has 0 radical (unpaired) electrons. The third-order valence-electron chi connectivity index (χ3n) is 3.23. The van der Waals surface area contributed by atoms with Crippen LogP contribution in [0.3, 0.4) is 0 Å². The number of nitrogens with one attached hydrogen (secondary N) is 1. The summed E-state index contributed by atoms with van der Waals surface area (Å²) in [5.41, 5.74) is 1.89. The van der Waals surface area contributed by atoms with Crippen molar-refractivity contribution < 1.29 is 4.39 Å². The van der Waals surface area contributed by atoms with Crippen LogP contribution in [0.4, 0.5) is 4.39 Å². The van der Waals surface area contributed by atoms with Crippen molar-refractivity contribution in [2.24, 2.45) is 0 Å². The van der Waals surface area contributed by atoms with Gasteiger partial charge in [0, 0.05) is 20.6 Å². The lowest BCUT2D eigenvalue weighted by Crippen LogP contribution is -2.23. The molecule has 0 fully saturated rings.